The highest BCUT2D eigenvalue weighted by atomic mass is 32.1. The van der Waals surface area contributed by atoms with Crippen molar-refractivity contribution in [3.63, 3.8) is 0 Å². The average Bonchev–Trinajstić information content (AvgIpc) is 2.97. The van der Waals surface area contributed by atoms with Crippen molar-refractivity contribution >= 4 is 33.4 Å². The van der Waals surface area contributed by atoms with Crippen LogP contribution in [0.4, 0.5) is 4.79 Å². The summed E-state index contributed by atoms with van der Waals surface area (Å²) in [6.45, 7) is 7.22. The van der Waals surface area contributed by atoms with Crippen LogP contribution in [0.5, 0.6) is 0 Å². The Kier molecular flexibility index (Phi) is 6.22. The molecule has 1 heterocycles. The van der Waals surface area contributed by atoms with E-state index in [9.17, 15) is 14.9 Å². The van der Waals surface area contributed by atoms with Gasteiger partial charge in [0, 0.05) is 17.7 Å². The molecule has 2 rings (SSSR count). The van der Waals surface area contributed by atoms with Gasteiger partial charge in [-0.25, -0.2) is 9.69 Å². The van der Waals surface area contributed by atoms with Gasteiger partial charge in [0.05, 0.1) is 0 Å². The number of alkyl carbamates (subject to hydrolysis) is 1. The summed E-state index contributed by atoms with van der Waals surface area (Å²) in [6.07, 6.45) is 1.48. The maximum absolute atomic E-state index is 12.7. The zero-order valence-corrected chi connectivity index (χ0v) is 16.2. The third kappa shape index (κ3) is 4.96. The standard InChI is InChI=1S/C19H23N3O3S/c1-5-22(12-20)17(23)15(21-18(24)25-19(2,3)4)10-13-11-26-16-9-7-6-8-14(13)16/h6-9,11,15H,5,10H2,1-4H3,(H,21,24). The topological polar surface area (TPSA) is 82.4 Å². The summed E-state index contributed by atoms with van der Waals surface area (Å²) in [7, 11) is 0. The van der Waals surface area contributed by atoms with Gasteiger partial charge in [-0.1, -0.05) is 18.2 Å². The number of thiophene rings is 1. The molecule has 2 aromatic rings. The van der Waals surface area contributed by atoms with Crippen LogP contribution in [0.3, 0.4) is 0 Å². The maximum atomic E-state index is 12.7. The first-order chi connectivity index (χ1) is 12.2. The molecule has 2 amide bonds. The van der Waals surface area contributed by atoms with Crippen molar-refractivity contribution in [1.29, 1.82) is 5.26 Å². The van der Waals surface area contributed by atoms with Crippen LogP contribution < -0.4 is 5.32 Å². The molecule has 26 heavy (non-hydrogen) atoms. The molecule has 0 saturated heterocycles. The van der Waals surface area contributed by atoms with Crippen molar-refractivity contribution in [2.75, 3.05) is 6.54 Å². The lowest BCUT2D eigenvalue weighted by atomic mass is 10.0. The number of carbonyl (C=O) groups is 2. The molecule has 0 fully saturated rings. The Morgan fingerprint density at radius 2 is 2.04 bits per heavy atom. The van der Waals surface area contributed by atoms with Gasteiger partial charge in [-0.15, -0.1) is 11.3 Å². The summed E-state index contributed by atoms with van der Waals surface area (Å²) in [5.41, 5.74) is 0.279. The number of nitrogens with one attached hydrogen (secondary N) is 1. The normalized spacial score (nSPS) is 12.3. The summed E-state index contributed by atoms with van der Waals surface area (Å²) >= 11 is 1.58. The highest BCUT2D eigenvalue weighted by Crippen LogP contribution is 2.27. The number of hydrogen-bond donors (Lipinski definition) is 1. The molecule has 138 valence electrons. The largest absolute Gasteiger partial charge is 0.444 e. The first kappa shape index (κ1) is 19.7. The molecule has 0 saturated carbocycles. The molecule has 1 atom stereocenters. The number of likely N-dealkylation sites (N-methyl/N-ethyl adjacent to an activating group) is 1. The fraction of sp³-hybridized carbons (Fsp3) is 0.421. The number of nitriles is 1. The van der Waals surface area contributed by atoms with Crippen LogP contribution in [0.2, 0.25) is 0 Å². The number of rotatable bonds is 5. The lowest BCUT2D eigenvalue weighted by molar-refractivity contribution is -0.130. The molecule has 1 aromatic carbocycles. The zero-order valence-electron chi connectivity index (χ0n) is 15.4. The molecule has 0 aliphatic carbocycles. The van der Waals surface area contributed by atoms with Crippen LogP contribution in [0.15, 0.2) is 29.6 Å². The SMILES string of the molecule is CCN(C#N)C(=O)C(Cc1csc2ccccc12)NC(=O)OC(C)(C)C. The van der Waals surface area contributed by atoms with Gasteiger partial charge in [-0.3, -0.25) is 4.79 Å². The Labute approximate surface area is 157 Å². The number of benzene rings is 1. The summed E-state index contributed by atoms with van der Waals surface area (Å²) in [6, 6.07) is 7.01. The molecular formula is C19H23N3O3S. The quantitative estimate of drug-likeness (QED) is 0.640. The lowest BCUT2D eigenvalue weighted by Crippen LogP contribution is -2.49. The maximum Gasteiger partial charge on any atom is 0.408 e. The Hall–Kier alpha value is -2.59. The molecule has 0 aliphatic heterocycles. The molecule has 0 bridgehead atoms. The number of hydrogen-bond acceptors (Lipinski definition) is 5. The third-order valence-corrected chi connectivity index (χ3v) is 4.69. The van der Waals surface area contributed by atoms with Gasteiger partial charge in [0.25, 0.3) is 5.91 Å². The highest BCUT2D eigenvalue weighted by Gasteiger charge is 2.28. The van der Waals surface area contributed by atoms with E-state index in [1.165, 1.54) is 0 Å². The molecule has 0 radical (unpaired) electrons. The van der Waals surface area contributed by atoms with E-state index in [0.717, 1.165) is 20.5 Å². The Morgan fingerprint density at radius 3 is 2.65 bits per heavy atom. The van der Waals surface area contributed by atoms with E-state index in [1.807, 2.05) is 35.8 Å². The minimum atomic E-state index is -0.873. The monoisotopic (exact) mass is 373 g/mol. The number of carbonyl (C=O) groups excluding carboxylic acids is 2. The van der Waals surface area contributed by atoms with Crippen molar-refractivity contribution in [2.45, 2.75) is 45.8 Å². The second-order valence-corrected chi connectivity index (χ2v) is 7.75. The number of nitrogens with zero attached hydrogens (tertiary/aromatic N) is 2. The van der Waals surface area contributed by atoms with E-state index in [0.29, 0.717) is 6.42 Å². The zero-order chi connectivity index (χ0) is 19.3. The molecule has 1 N–H and O–H groups in total. The van der Waals surface area contributed by atoms with Gasteiger partial charge in [-0.2, -0.15) is 5.26 Å². The van der Waals surface area contributed by atoms with Gasteiger partial charge in [-0.05, 0) is 50.1 Å². The van der Waals surface area contributed by atoms with E-state index in [-0.39, 0.29) is 6.54 Å². The van der Waals surface area contributed by atoms with Crippen LogP contribution in [0.25, 0.3) is 10.1 Å². The number of fused-ring (bicyclic) bond motifs is 1. The van der Waals surface area contributed by atoms with Crippen LogP contribution >= 0.6 is 11.3 Å². The van der Waals surface area contributed by atoms with Gasteiger partial charge in [0.15, 0.2) is 6.19 Å². The van der Waals surface area contributed by atoms with Crippen molar-refractivity contribution < 1.29 is 14.3 Å². The van der Waals surface area contributed by atoms with Gasteiger partial charge >= 0.3 is 6.09 Å². The van der Waals surface area contributed by atoms with E-state index in [4.69, 9.17) is 4.74 Å². The molecule has 0 aliphatic rings. The second kappa shape index (κ2) is 8.19. The number of amides is 2. The summed E-state index contributed by atoms with van der Waals surface area (Å²) in [5.74, 6) is -0.448. The predicted octanol–water partition coefficient (Wildman–Crippen LogP) is 3.67. The van der Waals surface area contributed by atoms with E-state index < -0.39 is 23.6 Å². The van der Waals surface area contributed by atoms with Gasteiger partial charge < -0.3 is 10.1 Å². The van der Waals surface area contributed by atoms with E-state index >= 15 is 0 Å². The molecule has 1 unspecified atom stereocenters. The fourth-order valence-corrected chi connectivity index (χ4v) is 3.50. The summed E-state index contributed by atoms with van der Waals surface area (Å²) in [4.78, 5) is 25.9. The first-order valence-electron chi connectivity index (χ1n) is 8.41. The van der Waals surface area contributed by atoms with E-state index in [2.05, 4.69) is 5.32 Å². The van der Waals surface area contributed by atoms with Crippen LogP contribution in [0.1, 0.15) is 33.3 Å². The Balaban J connectivity index is 2.26. The highest BCUT2D eigenvalue weighted by molar-refractivity contribution is 7.17. The van der Waals surface area contributed by atoms with Crippen molar-refractivity contribution in [1.82, 2.24) is 10.2 Å². The average molecular weight is 373 g/mol. The molecule has 1 aromatic heterocycles. The predicted molar refractivity (Wildman–Crippen MR) is 102 cm³/mol. The van der Waals surface area contributed by atoms with Crippen molar-refractivity contribution in [2.24, 2.45) is 0 Å². The van der Waals surface area contributed by atoms with Gasteiger partial charge in [0.2, 0.25) is 0 Å². The van der Waals surface area contributed by atoms with Crippen LogP contribution in [-0.4, -0.2) is 35.1 Å². The van der Waals surface area contributed by atoms with Gasteiger partial charge in [0.1, 0.15) is 11.6 Å². The molecule has 0 spiro atoms. The van der Waals surface area contributed by atoms with Crippen molar-refractivity contribution in [3.05, 3.63) is 35.2 Å². The third-order valence-electron chi connectivity index (χ3n) is 3.68. The minimum absolute atomic E-state index is 0.242. The smallest absolute Gasteiger partial charge is 0.408 e. The summed E-state index contributed by atoms with van der Waals surface area (Å²) in [5, 5.41) is 14.8. The summed E-state index contributed by atoms with van der Waals surface area (Å²) < 4.78 is 6.38. The second-order valence-electron chi connectivity index (χ2n) is 6.84. The molecule has 6 nitrogen and oxygen atoms in total. The van der Waals surface area contributed by atoms with Crippen LogP contribution in [0, 0.1) is 11.5 Å². The first-order valence-corrected chi connectivity index (χ1v) is 9.29. The number of ether oxygens (including phenoxy) is 1. The minimum Gasteiger partial charge on any atom is -0.444 e. The van der Waals surface area contributed by atoms with Crippen molar-refractivity contribution in [3.8, 4) is 6.19 Å². The lowest BCUT2D eigenvalue weighted by Gasteiger charge is -2.24. The van der Waals surface area contributed by atoms with Crippen LogP contribution in [-0.2, 0) is 16.0 Å². The van der Waals surface area contributed by atoms with E-state index in [1.54, 1.807) is 39.0 Å². The fourth-order valence-electron chi connectivity index (χ4n) is 2.52. The molecular weight excluding hydrogens is 350 g/mol. The Bertz CT molecular complexity index is 832. The molecule has 7 heteroatoms. The Morgan fingerprint density at radius 1 is 1.35 bits per heavy atom.